The smallest absolute Gasteiger partial charge is 0.302 e. The summed E-state index contributed by atoms with van der Waals surface area (Å²) in [5, 5.41) is 7.66. The number of hydrogen-bond donors (Lipinski definition) is 1. The van der Waals surface area contributed by atoms with Crippen LogP contribution in [-0.2, 0) is 9.53 Å². The third-order valence-electron chi connectivity index (χ3n) is 3.27. The maximum Gasteiger partial charge on any atom is 0.302 e. The van der Waals surface area contributed by atoms with E-state index in [2.05, 4.69) is 10.2 Å². The second-order valence-corrected chi connectivity index (χ2v) is 5.17. The highest BCUT2D eigenvalue weighted by atomic mass is 16.5. The SMILES string of the molecule is CC(=O)OC(C)CCCCOc1n[nH]c(=O)c2ccccc12. The third kappa shape index (κ3) is 4.31. The largest absolute Gasteiger partial charge is 0.476 e. The van der Waals surface area contributed by atoms with Crippen molar-refractivity contribution < 1.29 is 14.3 Å². The van der Waals surface area contributed by atoms with E-state index < -0.39 is 0 Å². The van der Waals surface area contributed by atoms with Crippen molar-refractivity contribution in [2.24, 2.45) is 0 Å². The molecule has 0 aliphatic carbocycles. The maximum atomic E-state index is 11.7. The molecule has 0 bridgehead atoms. The van der Waals surface area contributed by atoms with Crippen molar-refractivity contribution in [3.8, 4) is 5.88 Å². The average Bonchev–Trinajstić information content (AvgIpc) is 2.48. The number of nitrogens with zero attached hydrogens (tertiary/aromatic N) is 1. The first kappa shape index (κ1) is 16.0. The van der Waals surface area contributed by atoms with E-state index in [0.717, 1.165) is 19.3 Å². The molecule has 0 amide bonds. The van der Waals surface area contributed by atoms with Crippen molar-refractivity contribution in [1.82, 2.24) is 10.2 Å². The van der Waals surface area contributed by atoms with Crippen LogP contribution < -0.4 is 10.3 Å². The first-order valence-corrected chi connectivity index (χ1v) is 7.35. The van der Waals surface area contributed by atoms with E-state index in [1.54, 1.807) is 12.1 Å². The number of esters is 1. The van der Waals surface area contributed by atoms with E-state index in [9.17, 15) is 9.59 Å². The highest BCUT2D eigenvalue weighted by Crippen LogP contribution is 2.19. The molecule has 118 valence electrons. The van der Waals surface area contributed by atoms with Crippen LogP contribution in [-0.4, -0.2) is 28.9 Å². The lowest BCUT2D eigenvalue weighted by molar-refractivity contribution is -0.145. The monoisotopic (exact) mass is 304 g/mol. The topological polar surface area (TPSA) is 81.3 Å². The number of carbonyl (C=O) groups excluding carboxylic acids is 1. The zero-order chi connectivity index (χ0) is 15.9. The fourth-order valence-corrected chi connectivity index (χ4v) is 2.24. The second-order valence-electron chi connectivity index (χ2n) is 5.17. The number of H-pyrrole nitrogens is 1. The lowest BCUT2D eigenvalue weighted by Crippen LogP contribution is -2.13. The van der Waals surface area contributed by atoms with Crippen LogP contribution in [0.5, 0.6) is 5.88 Å². The van der Waals surface area contributed by atoms with Crippen molar-refractivity contribution in [1.29, 1.82) is 0 Å². The fourth-order valence-electron chi connectivity index (χ4n) is 2.24. The Bertz CT molecular complexity index is 696. The predicted octanol–water partition coefficient (Wildman–Crippen LogP) is 2.42. The average molecular weight is 304 g/mol. The van der Waals surface area contributed by atoms with E-state index in [4.69, 9.17) is 9.47 Å². The van der Waals surface area contributed by atoms with Crippen LogP contribution in [0.1, 0.15) is 33.1 Å². The molecule has 0 aliphatic heterocycles. The molecule has 0 fully saturated rings. The molecular formula is C16H20N2O4. The minimum Gasteiger partial charge on any atom is -0.476 e. The molecule has 1 aromatic heterocycles. The number of rotatable bonds is 7. The van der Waals surface area contributed by atoms with Crippen LogP contribution in [0.3, 0.4) is 0 Å². The van der Waals surface area contributed by atoms with Crippen LogP contribution in [0.4, 0.5) is 0 Å². The Morgan fingerprint density at radius 1 is 1.27 bits per heavy atom. The van der Waals surface area contributed by atoms with Gasteiger partial charge in [0.1, 0.15) is 0 Å². The molecule has 1 unspecified atom stereocenters. The Labute approximate surface area is 128 Å². The van der Waals surface area contributed by atoms with E-state index in [-0.39, 0.29) is 17.6 Å². The lowest BCUT2D eigenvalue weighted by atomic mass is 10.2. The molecule has 0 saturated heterocycles. The number of unbranched alkanes of at least 4 members (excludes halogenated alkanes) is 1. The molecule has 2 aromatic rings. The minimum absolute atomic E-state index is 0.0791. The Hall–Kier alpha value is -2.37. The predicted molar refractivity (Wildman–Crippen MR) is 82.9 cm³/mol. The molecule has 0 aliphatic rings. The molecule has 1 atom stereocenters. The van der Waals surface area contributed by atoms with Crippen molar-refractivity contribution in [2.45, 2.75) is 39.2 Å². The fraction of sp³-hybridized carbons (Fsp3) is 0.438. The Kier molecular flexibility index (Phi) is 5.52. The van der Waals surface area contributed by atoms with Crippen LogP contribution in [0.15, 0.2) is 29.1 Å². The molecule has 2 rings (SSSR count). The van der Waals surface area contributed by atoms with Gasteiger partial charge in [-0.05, 0) is 38.3 Å². The van der Waals surface area contributed by atoms with E-state index >= 15 is 0 Å². The summed E-state index contributed by atoms with van der Waals surface area (Å²) >= 11 is 0. The number of fused-ring (bicyclic) bond motifs is 1. The highest BCUT2D eigenvalue weighted by molar-refractivity contribution is 5.85. The van der Waals surface area contributed by atoms with Gasteiger partial charge in [0.25, 0.3) is 5.56 Å². The first-order valence-electron chi connectivity index (χ1n) is 7.35. The zero-order valence-corrected chi connectivity index (χ0v) is 12.8. The summed E-state index contributed by atoms with van der Waals surface area (Å²) in [6.45, 7) is 3.78. The summed E-state index contributed by atoms with van der Waals surface area (Å²) in [6, 6.07) is 7.20. The molecule has 0 radical (unpaired) electrons. The Morgan fingerprint density at radius 2 is 2.00 bits per heavy atom. The van der Waals surface area contributed by atoms with Gasteiger partial charge in [-0.15, -0.1) is 5.10 Å². The van der Waals surface area contributed by atoms with Crippen molar-refractivity contribution in [3.05, 3.63) is 34.6 Å². The molecule has 6 heteroatoms. The van der Waals surface area contributed by atoms with Gasteiger partial charge in [-0.2, -0.15) is 0 Å². The number of benzene rings is 1. The van der Waals surface area contributed by atoms with Crippen molar-refractivity contribution in [2.75, 3.05) is 6.61 Å². The van der Waals surface area contributed by atoms with Gasteiger partial charge < -0.3 is 9.47 Å². The van der Waals surface area contributed by atoms with Crippen molar-refractivity contribution >= 4 is 16.7 Å². The summed E-state index contributed by atoms with van der Waals surface area (Å²) in [4.78, 5) is 22.5. The second kappa shape index (κ2) is 7.59. The van der Waals surface area contributed by atoms with Gasteiger partial charge in [-0.25, -0.2) is 5.10 Å². The molecule has 1 aromatic carbocycles. The Balaban J connectivity index is 1.84. The zero-order valence-electron chi connectivity index (χ0n) is 12.8. The summed E-state index contributed by atoms with van der Waals surface area (Å²) in [5.41, 5.74) is -0.224. The third-order valence-corrected chi connectivity index (χ3v) is 3.27. The number of aromatic nitrogens is 2. The highest BCUT2D eigenvalue weighted by Gasteiger charge is 2.07. The van der Waals surface area contributed by atoms with Gasteiger partial charge in [0.15, 0.2) is 0 Å². The van der Waals surface area contributed by atoms with Crippen LogP contribution in [0.25, 0.3) is 10.8 Å². The molecular weight excluding hydrogens is 284 g/mol. The summed E-state index contributed by atoms with van der Waals surface area (Å²) in [5.74, 6) is 0.177. The van der Waals surface area contributed by atoms with E-state index in [0.29, 0.717) is 23.3 Å². The van der Waals surface area contributed by atoms with Gasteiger partial charge in [-0.1, -0.05) is 12.1 Å². The van der Waals surface area contributed by atoms with Crippen LogP contribution in [0.2, 0.25) is 0 Å². The number of nitrogens with one attached hydrogen (secondary N) is 1. The Morgan fingerprint density at radius 3 is 2.73 bits per heavy atom. The molecule has 1 heterocycles. The normalized spacial score (nSPS) is 12.1. The first-order chi connectivity index (χ1) is 10.6. The number of aromatic amines is 1. The van der Waals surface area contributed by atoms with Gasteiger partial charge in [0, 0.05) is 6.92 Å². The molecule has 6 nitrogen and oxygen atoms in total. The number of ether oxygens (including phenoxy) is 2. The summed E-state index contributed by atoms with van der Waals surface area (Å²) in [7, 11) is 0. The number of hydrogen-bond acceptors (Lipinski definition) is 5. The summed E-state index contributed by atoms with van der Waals surface area (Å²) in [6.07, 6.45) is 2.42. The van der Waals surface area contributed by atoms with Gasteiger partial charge >= 0.3 is 5.97 Å². The van der Waals surface area contributed by atoms with E-state index in [1.165, 1.54) is 6.92 Å². The van der Waals surface area contributed by atoms with Gasteiger partial charge in [0.2, 0.25) is 5.88 Å². The van der Waals surface area contributed by atoms with Crippen LogP contribution in [0, 0.1) is 0 Å². The standard InChI is InChI=1S/C16H20N2O4/c1-11(22-12(2)19)7-5-6-10-21-16-14-9-4-3-8-13(14)15(20)17-18-16/h3-4,8-9,11H,5-7,10H2,1-2H3,(H,17,20). The summed E-state index contributed by atoms with van der Waals surface area (Å²) < 4.78 is 10.7. The quantitative estimate of drug-likeness (QED) is 0.627. The molecule has 22 heavy (non-hydrogen) atoms. The number of carbonyl (C=O) groups is 1. The van der Waals surface area contributed by atoms with E-state index in [1.807, 2.05) is 19.1 Å². The van der Waals surface area contributed by atoms with Crippen molar-refractivity contribution in [3.63, 3.8) is 0 Å². The minimum atomic E-state index is -0.257. The molecule has 0 saturated carbocycles. The molecule has 1 N–H and O–H groups in total. The van der Waals surface area contributed by atoms with Gasteiger partial charge in [-0.3, -0.25) is 9.59 Å². The molecule has 0 spiro atoms. The van der Waals surface area contributed by atoms with Gasteiger partial charge in [0.05, 0.1) is 23.5 Å². The van der Waals surface area contributed by atoms with Crippen LogP contribution >= 0.6 is 0 Å². The lowest BCUT2D eigenvalue weighted by Gasteiger charge is -2.11. The maximum absolute atomic E-state index is 11.7.